The summed E-state index contributed by atoms with van der Waals surface area (Å²) in [6, 6.07) is 9.86. The summed E-state index contributed by atoms with van der Waals surface area (Å²) in [4.78, 5) is 11.1. The normalized spacial score (nSPS) is 17.6. The molecule has 0 fully saturated rings. The minimum atomic E-state index is -0.817. The summed E-state index contributed by atoms with van der Waals surface area (Å²) in [5.41, 5.74) is 6.92. The molecule has 0 unspecified atom stereocenters. The van der Waals surface area contributed by atoms with Gasteiger partial charge in [-0.15, -0.1) is 0 Å². The Bertz CT molecular complexity index is 1150. The lowest BCUT2D eigenvalue weighted by Crippen LogP contribution is -2.07. The molecule has 1 heterocycles. The zero-order valence-corrected chi connectivity index (χ0v) is 21.3. The molecule has 0 amide bonds. The van der Waals surface area contributed by atoms with Crippen molar-refractivity contribution in [1.82, 2.24) is 0 Å². The van der Waals surface area contributed by atoms with Gasteiger partial charge in [0.05, 0.1) is 25.9 Å². The molecule has 2 aliphatic rings. The summed E-state index contributed by atoms with van der Waals surface area (Å²) in [7, 11) is 0. The molecule has 1 aliphatic carbocycles. The first-order valence-corrected chi connectivity index (χ1v) is 13.1. The molecule has 6 heteroatoms. The topological polar surface area (TPSA) is 65.0 Å². The molecule has 0 radical (unpaired) electrons. The van der Waals surface area contributed by atoms with Crippen molar-refractivity contribution in [2.75, 3.05) is 24.7 Å². The van der Waals surface area contributed by atoms with Gasteiger partial charge in [-0.1, -0.05) is 31.2 Å². The molecule has 35 heavy (non-hydrogen) atoms. The lowest BCUT2D eigenvalue weighted by atomic mass is 9.89. The molecular formula is C29H32O5S. The third-order valence-corrected chi connectivity index (χ3v) is 7.03. The number of aryl methyl sites for hydroxylation is 2. The largest absolute Gasteiger partial charge is 0.493 e. The Hall–Kier alpha value is -3.12. The standard InChI is InChI=1S/C29H32O5S/c1-4-35-11-10-32-25-12-19(2)29(20(3)13-25)22-7-5-6-21(14-22)17-33-24-8-9-26-23(15-28(30)31)18-34-27(26)16-24/h5-9,12-13,16-17,23H,4,10-11,14-15,18H2,1-3H3,(H,30,31)/t23-/m1/s1. The number of thioether (sulfide) groups is 1. The number of carboxylic acids is 1. The fourth-order valence-electron chi connectivity index (χ4n) is 4.61. The lowest BCUT2D eigenvalue weighted by Gasteiger charge is -2.18. The third kappa shape index (κ3) is 6.31. The van der Waals surface area contributed by atoms with Crippen molar-refractivity contribution in [3.8, 4) is 17.2 Å². The van der Waals surface area contributed by atoms with Gasteiger partial charge in [0, 0.05) is 29.7 Å². The Kier molecular flexibility index (Phi) is 8.24. The highest BCUT2D eigenvalue weighted by molar-refractivity contribution is 7.99. The number of ether oxygens (including phenoxy) is 3. The van der Waals surface area contributed by atoms with Crippen LogP contribution < -0.4 is 14.2 Å². The molecule has 1 aliphatic heterocycles. The summed E-state index contributed by atoms with van der Waals surface area (Å²) in [5, 5.41) is 9.08. The molecule has 0 saturated heterocycles. The van der Waals surface area contributed by atoms with Gasteiger partial charge in [0.15, 0.2) is 0 Å². The molecule has 4 rings (SSSR count). The van der Waals surface area contributed by atoms with Crippen LogP contribution in [0.3, 0.4) is 0 Å². The molecule has 1 N–H and O–H groups in total. The van der Waals surface area contributed by atoms with E-state index in [1.54, 1.807) is 6.26 Å². The summed E-state index contributed by atoms with van der Waals surface area (Å²) >= 11 is 1.88. The lowest BCUT2D eigenvalue weighted by molar-refractivity contribution is -0.137. The number of carboxylic acid groups (broad SMARTS) is 1. The van der Waals surface area contributed by atoms with Crippen LogP contribution in [-0.2, 0) is 4.79 Å². The van der Waals surface area contributed by atoms with E-state index in [4.69, 9.17) is 19.3 Å². The average Bonchev–Trinajstić information content (AvgIpc) is 3.22. The Balaban J connectivity index is 1.42. The van der Waals surface area contributed by atoms with Crippen LogP contribution in [0.4, 0.5) is 0 Å². The number of rotatable bonds is 10. The smallest absolute Gasteiger partial charge is 0.304 e. The highest BCUT2D eigenvalue weighted by Crippen LogP contribution is 2.39. The molecule has 1 atom stereocenters. The maximum atomic E-state index is 11.1. The van der Waals surface area contributed by atoms with Gasteiger partial charge in [-0.05, 0) is 65.6 Å². The van der Waals surface area contributed by atoms with Gasteiger partial charge in [0.1, 0.15) is 17.2 Å². The monoisotopic (exact) mass is 492 g/mol. The number of hydrogen-bond acceptors (Lipinski definition) is 5. The van der Waals surface area contributed by atoms with Crippen molar-refractivity contribution in [3.63, 3.8) is 0 Å². The van der Waals surface area contributed by atoms with Gasteiger partial charge in [-0.25, -0.2) is 0 Å². The molecule has 0 bridgehead atoms. The number of hydrogen-bond donors (Lipinski definition) is 1. The maximum Gasteiger partial charge on any atom is 0.304 e. The minimum absolute atomic E-state index is 0.0705. The first kappa shape index (κ1) is 25.0. The van der Waals surface area contributed by atoms with E-state index >= 15 is 0 Å². The quantitative estimate of drug-likeness (QED) is 0.294. The van der Waals surface area contributed by atoms with Gasteiger partial charge in [0.25, 0.3) is 0 Å². The zero-order valence-electron chi connectivity index (χ0n) is 20.5. The number of allylic oxidation sites excluding steroid dienone is 5. The van der Waals surface area contributed by atoms with Crippen molar-refractivity contribution in [2.45, 2.75) is 39.5 Å². The van der Waals surface area contributed by atoms with Crippen molar-refractivity contribution >= 4 is 23.3 Å². The minimum Gasteiger partial charge on any atom is -0.493 e. The van der Waals surface area contributed by atoms with Crippen LogP contribution in [-0.4, -0.2) is 35.8 Å². The first-order chi connectivity index (χ1) is 16.9. The summed E-state index contributed by atoms with van der Waals surface area (Å²) in [6.07, 6.45) is 8.90. The van der Waals surface area contributed by atoms with Gasteiger partial charge >= 0.3 is 5.97 Å². The second kappa shape index (κ2) is 11.5. The van der Waals surface area contributed by atoms with Crippen LogP contribution in [0.25, 0.3) is 5.57 Å². The highest BCUT2D eigenvalue weighted by Gasteiger charge is 2.26. The van der Waals surface area contributed by atoms with Crippen molar-refractivity contribution < 1.29 is 24.1 Å². The van der Waals surface area contributed by atoms with Crippen molar-refractivity contribution in [1.29, 1.82) is 0 Å². The molecule has 0 saturated carbocycles. The number of benzene rings is 2. The Labute approximate surface area is 211 Å². The predicted molar refractivity (Wildman–Crippen MR) is 142 cm³/mol. The van der Waals surface area contributed by atoms with E-state index < -0.39 is 5.97 Å². The highest BCUT2D eigenvalue weighted by atomic mass is 32.2. The van der Waals surface area contributed by atoms with Crippen LogP contribution in [0, 0.1) is 13.8 Å². The second-order valence-electron chi connectivity index (χ2n) is 8.82. The Morgan fingerprint density at radius 1 is 1.20 bits per heavy atom. The Morgan fingerprint density at radius 3 is 2.74 bits per heavy atom. The molecule has 5 nitrogen and oxygen atoms in total. The van der Waals surface area contributed by atoms with Crippen LogP contribution in [0.15, 0.2) is 60.4 Å². The van der Waals surface area contributed by atoms with Crippen LogP contribution in [0.5, 0.6) is 17.2 Å². The van der Waals surface area contributed by atoms with E-state index in [0.29, 0.717) is 18.1 Å². The molecule has 0 spiro atoms. The van der Waals surface area contributed by atoms with Crippen molar-refractivity contribution in [3.05, 3.63) is 82.6 Å². The SMILES string of the molecule is CCSCCOc1cc(C)c(C2=CC=CC(=COc3ccc4c(c3)OC[C@H]4CC(=O)O)C2)c(C)c1. The van der Waals surface area contributed by atoms with Crippen molar-refractivity contribution in [2.24, 2.45) is 0 Å². The van der Waals surface area contributed by atoms with E-state index in [2.05, 4.69) is 51.1 Å². The number of carbonyl (C=O) groups is 1. The average molecular weight is 493 g/mol. The fourth-order valence-corrected chi connectivity index (χ4v) is 5.10. The van der Waals surface area contributed by atoms with E-state index in [1.807, 2.05) is 30.0 Å². The molecule has 0 aromatic heterocycles. The predicted octanol–water partition coefficient (Wildman–Crippen LogP) is 6.69. The maximum absolute atomic E-state index is 11.1. The van der Waals surface area contributed by atoms with E-state index in [9.17, 15) is 4.79 Å². The van der Waals surface area contributed by atoms with Gasteiger partial charge < -0.3 is 19.3 Å². The fraction of sp³-hybridized carbons (Fsp3) is 0.345. The number of fused-ring (bicyclic) bond motifs is 1. The van der Waals surface area contributed by atoms with E-state index in [-0.39, 0.29) is 12.3 Å². The first-order valence-electron chi connectivity index (χ1n) is 12.0. The van der Waals surface area contributed by atoms with Gasteiger partial charge in [0.2, 0.25) is 0 Å². The van der Waals surface area contributed by atoms with Gasteiger partial charge in [-0.2, -0.15) is 11.8 Å². The summed E-state index contributed by atoms with van der Waals surface area (Å²) < 4.78 is 17.6. The van der Waals surface area contributed by atoms with E-state index in [0.717, 1.165) is 41.4 Å². The molecular weight excluding hydrogens is 460 g/mol. The molecule has 2 aromatic carbocycles. The van der Waals surface area contributed by atoms with Crippen LogP contribution in [0.2, 0.25) is 0 Å². The summed E-state index contributed by atoms with van der Waals surface area (Å²) in [6.45, 7) is 7.55. The van der Waals surface area contributed by atoms with Gasteiger partial charge in [-0.3, -0.25) is 4.79 Å². The summed E-state index contributed by atoms with van der Waals surface area (Å²) in [5.74, 6) is 3.48. The number of aliphatic carboxylic acids is 1. The van der Waals surface area contributed by atoms with E-state index in [1.165, 1.54) is 22.3 Å². The molecule has 184 valence electrons. The van der Waals surface area contributed by atoms with Crippen LogP contribution >= 0.6 is 11.8 Å². The third-order valence-electron chi connectivity index (χ3n) is 6.16. The molecule has 2 aromatic rings. The second-order valence-corrected chi connectivity index (χ2v) is 10.2. The van der Waals surface area contributed by atoms with Crippen LogP contribution in [0.1, 0.15) is 47.9 Å². The zero-order chi connectivity index (χ0) is 24.8. The Morgan fingerprint density at radius 2 is 2.00 bits per heavy atom.